The number of rotatable bonds is 6. The first-order chi connectivity index (χ1) is 18.4. The number of para-hydroxylation sites is 1. The van der Waals surface area contributed by atoms with Crippen LogP contribution in [0.4, 0.5) is 0 Å². The maximum absolute atomic E-state index is 13.3. The lowest BCUT2D eigenvalue weighted by Gasteiger charge is -2.08. The molecule has 1 aromatic heterocycles. The predicted molar refractivity (Wildman–Crippen MR) is 157 cm³/mol. The van der Waals surface area contributed by atoms with Crippen LogP contribution in [0.5, 0.6) is 5.75 Å². The van der Waals surface area contributed by atoms with Crippen LogP contribution < -0.4 is 10.2 Å². The average molecular weight is 631 g/mol. The van der Waals surface area contributed by atoms with Crippen molar-refractivity contribution in [3.63, 3.8) is 0 Å². The van der Waals surface area contributed by atoms with Gasteiger partial charge in [-0.2, -0.15) is 5.10 Å². The van der Waals surface area contributed by atoms with E-state index in [0.717, 1.165) is 36.5 Å². The number of fused-ring (bicyclic) bond motifs is 1. The zero-order valence-corrected chi connectivity index (χ0v) is 23.3. The molecule has 1 heterocycles. The Balaban J connectivity index is 1.41. The standard InChI is InChI=1S/C30H21Br2N3O3/c1-18-6-5-9-24-26(19-7-3-2-4-8-19)28(34-27(18)24)29(36)35-33-17-21-16-23(32)14-15-25(21)38-30(37)20-10-12-22(31)13-11-20/h2-17,34H,1H3,(H,35,36). The molecule has 0 aliphatic heterocycles. The van der Waals surface area contributed by atoms with Crippen molar-refractivity contribution in [3.05, 3.63) is 122 Å². The summed E-state index contributed by atoms with van der Waals surface area (Å²) in [5.74, 6) is -0.580. The summed E-state index contributed by atoms with van der Waals surface area (Å²) in [5.41, 5.74) is 7.62. The van der Waals surface area contributed by atoms with E-state index in [-0.39, 0.29) is 5.91 Å². The maximum Gasteiger partial charge on any atom is 0.343 e. The second-order valence-electron chi connectivity index (χ2n) is 8.52. The Labute approximate surface area is 236 Å². The Morgan fingerprint density at radius 1 is 0.895 bits per heavy atom. The normalized spacial score (nSPS) is 11.1. The highest BCUT2D eigenvalue weighted by molar-refractivity contribution is 9.10. The zero-order chi connectivity index (χ0) is 26.6. The highest BCUT2D eigenvalue weighted by atomic mass is 79.9. The number of nitrogens with one attached hydrogen (secondary N) is 2. The van der Waals surface area contributed by atoms with Crippen molar-refractivity contribution in [2.75, 3.05) is 0 Å². The van der Waals surface area contributed by atoms with Crippen LogP contribution >= 0.6 is 31.9 Å². The van der Waals surface area contributed by atoms with E-state index in [4.69, 9.17) is 4.74 Å². The number of hydrazone groups is 1. The van der Waals surface area contributed by atoms with Crippen LogP contribution in [0.25, 0.3) is 22.0 Å². The van der Waals surface area contributed by atoms with E-state index in [1.165, 1.54) is 6.21 Å². The number of carbonyl (C=O) groups excluding carboxylic acids is 2. The molecule has 5 aromatic rings. The highest BCUT2D eigenvalue weighted by Gasteiger charge is 2.20. The number of benzene rings is 4. The number of halogens is 2. The molecule has 5 rings (SSSR count). The number of aryl methyl sites for hydroxylation is 1. The van der Waals surface area contributed by atoms with E-state index in [9.17, 15) is 9.59 Å². The fourth-order valence-electron chi connectivity index (χ4n) is 4.11. The quantitative estimate of drug-likeness (QED) is 0.0875. The SMILES string of the molecule is Cc1cccc2c(-c3ccccc3)c(C(=O)NN=Cc3cc(Br)ccc3OC(=O)c3ccc(Br)cc3)[nH]c12. The Hall–Kier alpha value is -4.01. The van der Waals surface area contributed by atoms with Crippen LogP contribution in [0.2, 0.25) is 0 Å². The molecule has 1 amide bonds. The Kier molecular flexibility index (Phi) is 7.53. The summed E-state index contributed by atoms with van der Waals surface area (Å²) in [6.45, 7) is 2.00. The maximum atomic E-state index is 13.3. The number of H-pyrrole nitrogens is 1. The van der Waals surface area contributed by atoms with E-state index >= 15 is 0 Å². The lowest BCUT2D eigenvalue weighted by atomic mass is 10.0. The summed E-state index contributed by atoms with van der Waals surface area (Å²) in [7, 11) is 0. The molecule has 0 unspecified atom stereocenters. The molecule has 38 heavy (non-hydrogen) atoms. The molecule has 0 aliphatic carbocycles. The van der Waals surface area contributed by atoms with Crippen LogP contribution in [0, 0.1) is 6.92 Å². The molecule has 0 bridgehead atoms. The van der Waals surface area contributed by atoms with Crippen molar-refractivity contribution in [1.82, 2.24) is 10.4 Å². The number of hydrogen-bond donors (Lipinski definition) is 2. The van der Waals surface area contributed by atoms with Gasteiger partial charge in [0.2, 0.25) is 0 Å². The van der Waals surface area contributed by atoms with Gasteiger partial charge in [0.25, 0.3) is 5.91 Å². The van der Waals surface area contributed by atoms with Crippen molar-refractivity contribution >= 4 is 60.9 Å². The van der Waals surface area contributed by atoms with E-state index in [2.05, 4.69) is 47.4 Å². The third-order valence-corrected chi connectivity index (χ3v) is 6.98. The lowest BCUT2D eigenvalue weighted by molar-refractivity contribution is 0.0734. The lowest BCUT2D eigenvalue weighted by Crippen LogP contribution is -2.19. The van der Waals surface area contributed by atoms with Gasteiger partial charge in [0.15, 0.2) is 0 Å². The molecule has 0 aliphatic rings. The molecule has 0 atom stereocenters. The van der Waals surface area contributed by atoms with Gasteiger partial charge in [-0.05, 0) is 60.5 Å². The number of esters is 1. The van der Waals surface area contributed by atoms with Gasteiger partial charge < -0.3 is 9.72 Å². The molecule has 4 aromatic carbocycles. The molecule has 0 spiro atoms. The minimum Gasteiger partial charge on any atom is -0.422 e. The highest BCUT2D eigenvalue weighted by Crippen LogP contribution is 2.34. The van der Waals surface area contributed by atoms with Crippen molar-refractivity contribution in [1.29, 1.82) is 0 Å². The summed E-state index contributed by atoms with van der Waals surface area (Å²) in [6, 6.07) is 27.8. The zero-order valence-electron chi connectivity index (χ0n) is 20.2. The van der Waals surface area contributed by atoms with Gasteiger partial charge >= 0.3 is 5.97 Å². The van der Waals surface area contributed by atoms with Crippen molar-refractivity contribution in [3.8, 4) is 16.9 Å². The van der Waals surface area contributed by atoms with Gasteiger partial charge in [-0.15, -0.1) is 0 Å². The minimum atomic E-state index is -0.501. The number of aromatic amines is 1. The molecule has 0 fully saturated rings. The van der Waals surface area contributed by atoms with Gasteiger partial charge in [0, 0.05) is 31.0 Å². The molecule has 0 saturated heterocycles. The molecule has 8 heteroatoms. The number of hydrogen-bond acceptors (Lipinski definition) is 4. The first-order valence-corrected chi connectivity index (χ1v) is 13.3. The molecule has 6 nitrogen and oxygen atoms in total. The van der Waals surface area contributed by atoms with Crippen molar-refractivity contribution in [2.24, 2.45) is 5.10 Å². The number of nitrogens with zero attached hydrogens (tertiary/aromatic N) is 1. The molecular formula is C30H21Br2N3O3. The first kappa shape index (κ1) is 25.6. The number of ether oxygens (including phenoxy) is 1. The van der Waals surface area contributed by atoms with Crippen molar-refractivity contribution < 1.29 is 14.3 Å². The summed E-state index contributed by atoms with van der Waals surface area (Å²) < 4.78 is 7.25. The second-order valence-corrected chi connectivity index (χ2v) is 10.3. The summed E-state index contributed by atoms with van der Waals surface area (Å²) in [6.07, 6.45) is 1.45. The van der Waals surface area contributed by atoms with E-state index in [0.29, 0.717) is 22.6 Å². The van der Waals surface area contributed by atoms with Crippen LogP contribution in [-0.4, -0.2) is 23.1 Å². The van der Waals surface area contributed by atoms with Gasteiger partial charge in [-0.25, -0.2) is 10.2 Å². The van der Waals surface area contributed by atoms with Crippen LogP contribution in [0.15, 0.2) is 105 Å². The molecular weight excluding hydrogens is 610 g/mol. The van der Waals surface area contributed by atoms with Gasteiger partial charge in [-0.3, -0.25) is 4.79 Å². The molecule has 188 valence electrons. The van der Waals surface area contributed by atoms with Crippen LogP contribution in [0.3, 0.4) is 0 Å². The number of aromatic nitrogens is 1. The predicted octanol–water partition coefficient (Wildman–Crippen LogP) is 7.65. The van der Waals surface area contributed by atoms with Gasteiger partial charge in [-0.1, -0.05) is 80.4 Å². The smallest absolute Gasteiger partial charge is 0.343 e. The molecule has 2 N–H and O–H groups in total. The fraction of sp³-hybridized carbons (Fsp3) is 0.0333. The Morgan fingerprint density at radius 2 is 1.63 bits per heavy atom. The van der Waals surface area contributed by atoms with Crippen molar-refractivity contribution in [2.45, 2.75) is 6.92 Å². The minimum absolute atomic E-state index is 0.310. The molecule has 0 radical (unpaired) electrons. The topological polar surface area (TPSA) is 83.5 Å². The summed E-state index contributed by atoms with van der Waals surface area (Å²) >= 11 is 6.79. The van der Waals surface area contributed by atoms with E-state index in [1.807, 2.05) is 55.5 Å². The number of carbonyl (C=O) groups is 2. The summed E-state index contributed by atoms with van der Waals surface area (Å²) in [4.78, 5) is 29.2. The first-order valence-electron chi connectivity index (χ1n) is 11.7. The second kappa shape index (κ2) is 11.2. The third-order valence-electron chi connectivity index (χ3n) is 5.96. The van der Waals surface area contributed by atoms with Gasteiger partial charge in [0.05, 0.1) is 11.8 Å². The Bertz CT molecular complexity index is 1680. The van der Waals surface area contributed by atoms with Crippen LogP contribution in [0.1, 0.15) is 32.0 Å². The Morgan fingerprint density at radius 3 is 2.39 bits per heavy atom. The summed E-state index contributed by atoms with van der Waals surface area (Å²) in [5, 5.41) is 5.13. The monoisotopic (exact) mass is 629 g/mol. The van der Waals surface area contributed by atoms with E-state index < -0.39 is 5.97 Å². The third kappa shape index (κ3) is 5.46. The van der Waals surface area contributed by atoms with E-state index in [1.54, 1.807) is 42.5 Å². The number of amides is 1. The fourth-order valence-corrected chi connectivity index (χ4v) is 4.76. The average Bonchev–Trinajstić information content (AvgIpc) is 3.32. The van der Waals surface area contributed by atoms with Gasteiger partial charge in [0.1, 0.15) is 11.4 Å². The van der Waals surface area contributed by atoms with Crippen LogP contribution in [-0.2, 0) is 0 Å². The molecule has 0 saturated carbocycles. The largest absolute Gasteiger partial charge is 0.422 e.